The van der Waals surface area contributed by atoms with Gasteiger partial charge in [-0.1, -0.05) is 48.5 Å². The zero-order valence-corrected chi connectivity index (χ0v) is 14.1. The summed E-state index contributed by atoms with van der Waals surface area (Å²) in [6, 6.07) is 17.9. The Bertz CT molecular complexity index is 1000. The molecule has 5 nitrogen and oxygen atoms in total. The largest absolute Gasteiger partial charge is 0.480 e. The van der Waals surface area contributed by atoms with Crippen molar-refractivity contribution >= 4 is 27.5 Å². The van der Waals surface area contributed by atoms with Crippen LogP contribution in [0.3, 0.4) is 0 Å². The maximum Gasteiger partial charge on any atom is 0.321 e. The maximum atomic E-state index is 11.7. The van der Waals surface area contributed by atoms with Gasteiger partial charge in [-0.05, 0) is 33.2 Å². The van der Waals surface area contributed by atoms with Crippen molar-refractivity contribution in [2.75, 3.05) is 0 Å². The quantitative estimate of drug-likeness (QED) is 0.467. The van der Waals surface area contributed by atoms with Gasteiger partial charge in [-0.25, -0.2) is 4.98 Å². The number of H-pyrrole nitrogens is 1. The molecule has 5 heteroatoms. The zero-order chi connectivity index (χ0) is 17.9. The predicted octanol–water partition coefficient (Wildman–Crippen LogP) is 3.50. The summed E-state index contributed by atoms with van der Waals surface area (Å²) in [6.45, 7) is 0.479. The SMILES string of the molecule is O=C(O)[C@H](Cc1cnc[nH]1)NCc1c2ccccc2cc2ccccc12. The number of aliphatic carboxylic acids is 1. The molecular formula is C21H19N3O2. The Morgan fingerprint density at radius 3 is 2.31 bits per heavy atom. The van der Waals surface area contributed by atoms with Crippen molar-refractivity contribution in [3.05, 3.63) is 78.4 Å². The van der Waals surface area contributed by atoms with Crippen LogP contribution in [0.4, 0.5) is 0 Å². The molecule has 1 heterocycles. The molecule has 0 radical (unpaired) electrons. The van der Waals surface area contributed by atoms with Crippen LogP contribution in [0.25, 0.3) is 21.5 Å². The number of carbonyl (C=O) groups is 1. The van der Waals surface area contributed by atoms with E-state index in [2.05, 4.69) is 45.6 Å². The highest BCUT2D eigenvalue weighted by Crippen LogP contribution is 2.28. The number of nitrogens with one attached hydrogen (secondary N) is 2. The third-order valence-corrected chi connectivity index (χ3v) is 4.69. The molecule has 0 aliphatic rings. The Morgan fingerprint density at radius 1 is 1.08 bits per heavy atom. The molecule has 0 aliphatic heterocycles. The smallest absolute Gasteiger partial charge is 0.321 e. The molecule has 0 aliphatic carbocycles. The molecule has 0 saturated carbocycles. The standard InChI is InChI=1S/C21H19N3O2/c25-21(26)20(10-16-11-22-13-24-16)23-12-19-17-7-3-1-5-14(17)9-15-6-2-4-8-18(15)19/h1-9,11,13,20,23H,10,12H2,(H,22,24)(H,25,26)/t20-/m0/s1. The van der Waals surface area contributed by atoms with Crippen molar-refractivity contribution in [2.24, 2.45) is 0 Å². The van der Waals surface area contributed by atoms with Gasteiger partial charge < -0.3 is 10.1 Å². The van der Waals surface area contributed by atoms with Gasteiger partial charge in [0.25, 0.3) is 0 Å². The molecule has 4 aromatic rings. The molecule has 26 heavy (non-hydrogen) atoms. The van der Waals surface area contributed by atoms with Gasteiger partial charge in [0.1, 0.15) is 6.04 Å². The second-order valence-electron chi connectivity index (χ2n) is 6.35. The summed E-state index contributed by atoms with van der Waals surface area (Å²) in [7, 11) is 0. The molecule has 130 valence electrons. The Kier molecular flexibility index (Phi) is 4.37. The highest BCUT2D eigenvalue weighted by atomic mass is 16.4. The van der Waals surface area contributed by atoms with E-state index in [4.69, 9.17) is 0 Å². The summed E-state index contributed by atoms with van der Waals surface area (Å²) < 4.78 is 0. The molecule has 4 rings (SSSR count). The average molecular weight is 345 g/mol. The second kappa shape index (κ2) is 6.98. The number of aromatic nitrogens is 2. The maximum absolute atomic E-state index is 11.7. The molecule has 0 bridgehead atoms. The number of carboxylic acids is 1. The Balaban J connectivity index is 1.69. The Labute approximate surface area is 150 Å². The lowest BCUT2D eigenvalue weighted by molar-refractivity contribution is -0.139. The topological polar surface area (TPSA) is 78.0 Å². The predicted molar refractivity (Wildman–Crippen MR) is 102 cm³/mol. The molecular weight excluding hydrogens is 326 g/mol. The van der Waals surface area contributed by atoms with Gasteiger partial charge in [0.2, 0.25) is 0 Å². The number of rotatable bonds is 6. The van der Waals surface area contributed by atoms with Crippen LogP contribution in [0.5, 0.6) is 0 Å². The first-order valence-corrected chi connectivity index (χ1v) is 8.55. The third kappa shape index (κ3) is 3.17. The van der Waals surface area contributed by atoms with E-state index in [-0.39, 0.29) is 0 Å². The highest BCUT2D eigenvalue weighted by Gasteiger charge is 2.19. The second-order valence-corrected chi connectivity index (χ2v) is 6.35. The molecule has 1 atom stereocenters. The lowest BCUT2D eigenvalue weighted by Crippen LogP contribution is -2.38. The van der Waals surface area contributed by atoms with Gasteiger partial charge in [-0.2, -0.15) is 0 Å². The first-order valence-electron chi connectivity index (χ1n) is 8.55. The normalized spacial score (nSPS) is 12.5. The molecule has 0 amide bonds. The van der Waals surface area contributed by atoms with Gasteiger partial charge in [-0.15, -0.1) is 0 Å². The zero-order valence-electron chi connectivity index (χ0n) is 14.1. The fraction of sp³-hybridized carbons (Fsp3) is 0.143. The number of aromatic amines is 1. The van der Waals surface area contributed by atoms with E-state index in [0.717, 1.165) is 32.8 Å². The summed E-state index contributed by atoms with van der Waals surface area (Å²) in [5.41, 5.74) is 1.92. The summed E-state index contributed by atoms with van der Waals surface area (Å²) in [5.74, 6) is -0.871. The van der Waals surface area contributed by atoms with Crippen LogP contribution in [0.15, 0.2) is 67.1 Å². The van der Waals surface area contributed by atoms with E-state index in [9.17, 15) is 9.90 Å². The van der Waals surface area contributed by atoms with Crippen molar-refractivity contribution < 1.29 is 9.90 Å². The molecule has 0 fully saturated rings. The summed E-state index contributed by atoms with van der Waals surface area (Å²) >= 11 is 0. The average Bonchev–Trinajstić information content (AvgIpc) is 3.17. The van der Waals surface area contributed by atoms with Gasteiger partial charge >= 0.3 is 5.97 Å². The van der Waals surface area contributed by atoms with Gasteiger partial charge in [0, 0.05) is 24.9 Å². The lowest BCUT2D eigenvalue weighted by atomic mass is 9.96. The van der Waals surface area contributed by atoms with Gasteiger partial charge in [0.05, 0.1) is 6.33 Å². The fourth-order valence-electron chi connectivity index (χ4n) is 3.39. The van der Waals surface area contributed by atoms with Crippen LogP contribution in [0, 0.1) is 0 Å². The van der Waals surface area contributed by atoms with Crippen LogP contribution in [-0.4, -0.2) is 27.1 Å². The number of hydrogen-bond donors (Lipinski definition) is 3. The molecule has 0 spiro atoms. The van der Waals surface area contributed by atoms with Crippen molar-refractivity contribution in [1.82, 2.24) is 15.3 Å². The third-order valence-electron chi connectivity index (χ3n) is 4.69. The minimum absolute atomic E-state index is 0.359. The lowest BCUT2D eigenvalue weighted by Gasteiger charge is -2.17. The summed E-state index contributed by atoms with van der Waals surface area (Å²) in [4.78, 5) is 18.6. The number of carboxylic acid groups (broad SMARTS) is 1. The van der Waals surface area contributed by atoms with Crippen molar-refractivity contribution in [3.8, 4) is 0 Å². The van der Waals surface area contributed by atoms with E-state index in [1.165, 1.54) is 0 Å². The van der Waals surface area contributed by atoms with Crippen LogP contribution < -0.4 is 5.32 Å². The number of hydrogen-bond acceptors (Lipinski definition) is 3. The Hall–Kier alpha value is -3.18. The Morgan fingerprint density at radius 2 is 1.73 bits per heavy atom. The van der Waals surface area contributed by atoms with Crippen LogP contribution in [-0.2, 0) is 17.8 Å². The molecule has 3 N–H and O–H groups in total. The van der Waals surface area contributed by atoms with E-state index < -0.39 is 12.0 Å². The number of benzene rings is 3. The number of nitrogens with zero attached hydrogens (tertiary/aromatic N) is 1. The minimum Gasteiger partial charge on any atom is -0.480 e. The van der Waals surface area contributed by atoms with Crippen molar-refractivity contribution in [2.45, 2.75) is 19.0 Å². The first kappa shape index (κ1) is 16.3. The van der Waals surface area contributed by atoms with Crippen molar-refractivity contribution in [3.63, 3.8) is 0 Å². The van der Waals surface area contributed by atoms with Gasteiger partial charge in [0.15, 0.2) is 0 Å². The van der Waals surface area contributed by atoms with E-state index in [0.29, 0.717) is 13.0 Å². The molecule has 0 unspecified atom stereocenters. The van der Waals surface area contributed by atoms with E-state index >= 15 is 0 Å². The molecule has 3 aromatic carbocycles. The van der Waals surface area contributed by atoms with E-state index in [1.54, 1.807) is 12.5 Å². The fourth-order valence-corrected chi connectivity index (χ4v) is 3.39. The molecule has 0 saturated heterocycles. The minimum atomic E-state index is -0.871. The van der Waals surface area contributed by atoms with Crippen LogP contribution in [0.1, 0.15) is 11.3 Å². The van der Waals surface area contributed by atoms with E-state index in [1.807, 2.05) is 24.3 Å². The first-order chi connectivity index (χ1) is 12.7. The van der Waals surface area contributed by atoms with Crippen LogP contribution in [0.2, 0.25) is 0 Å². The number of fused-ring (bicyclic) bond motifs is 2. The molecule has 1 aromatic heterocycles. The summed E-state index contributed by atoms with van der Waals surface area (Å²) in [5, 5.41) is 17.4. The monoisotopic (exact) mass is 345 g/mol. The summed E-state index contributed by atoms with van der Waals surface area (Å²) in [6.07, 6.45) is 3.58. The highest BCUT2D eigenvalue weighted by molar-refractivity contribution is 6.02. The number of imidazole rings is 1. The van der Waals surface area contributed by atoms with Gasteiger partial charge in [-0.3, -0.25) is 10.1 Å². The van der Waals surface area contributed by atoms with Crippen LogP contribution >= 0.6 is 0 Å². The van der Waals surface area contributed by atoms with Crippen molar-refractivity contribution in [1.29, 1.82) is 0 Å².